The second-order valence-corrected chi connectivity index (χ2v) is 7.39. The molecular formula is C14H17F4NO4S. The maximum Gasteiger partial charge on any atom is 0.417 e. The van der Waals surface area contributed by atoms with Gasteiger partial charge in [0.25, 0.3) is 0 Å². The number of carbonyl (C=O) groups is 1. The molecule has 0 aliphatic rings. The van der Waals surface area contributed by atoms with E-state index in [2.05, 4.69) is 0 Å². The zero-order valence-electron chi connectivity index (χ0n) is 12.9. The predicted molar refractivity (Wildman–Crippen MR) is 77.2 cm³/mol. The number of carboxylic acids is 1. The number of carboxylic acid groups (broad SMARTS) is 1. The van der Waals surface area contributed by atoms with Crippen LogP contribution in [-0.2, 0) is 21.0 Å². The summed E-state index contributed by atoms with van der Waals surface area (Å²) in [6.07, 6.45) is -4.93. The molecule has 0 aliphatic heterocycles. The van der Waals surface area contributed by atoms with Gasteiger partial charge in [-0.3, -0.25) is 4.79 Å². The Morgan fingerprint density at radius 1 is 1.29 bits per heavy atom. The molecular weight excluding hydrogens is 354 g/mol. The SMILES string of the molecule is CC(C)CC(CNS(=O)(=O)c1ccc(F)cc1C(F)(F)F)C(=O)O. The minimum absolute atomic E-state index is 0.0489. The molecule has 1 aromatic rings. The summed E-state index contributed by atoms with van der Waals surface area (Å²) in [6.45, 7) is 2.89. The third-order valence-corrected chi connectivity index (χ3v) is 4.64. The molecule has 0 aliphatic carbocycles. The first-order valence-corrected chi connectivity index (χ1v) is 8.42. The van der Waals surface area contributed by atoms with Gasteiger partial charge in [-0.05, 0) is 30.5 Å². The number of aliphatic carboxylic acids is 1. The van der Waals surface area contributed by atoms with E-state index in [1.54, 1.807) is 13.8 Å². The Balaban J connectivity index is 3.11. The highest BCUT2D eigenvalue weighted by atomic mass is 32.2. The molecule has 136 valence electrons. The number of sulfonamides is 1. The van der Waals surface area contributed by atoms with E-state index in [0.29, 0.717) is 12.1 Å². The summed E-state index contributed by atoms with van der Waals surface area (Å²) in [4.78, 5) is 9.95. The van der Waals surface area contributed by atoms with Crippen LogP contribution in [0.1, 0.15) is 25.8 Å². The van der Waals surface area contributed by atoms with Crippen LogP contribution in [0.2, 0.25) is 0 Å². The highest BCUT2D eigenvalue weighted by Gasteiger charge is 2.38. The molecule has 24 heavy (non-hydrogen) atoms. The first kappa shape index (κ1) is 20.4. The Bertz CT molecular complexity index is 701. The van der Waals surface area contributed by atoms with Crippen LogP contribution in [0, 0.1) is 17.7 Å². The predicted octanol–water partition coefficient (Wildman–Crippen LogP) is 2.87. The van der Waals surface area contributed by atoms with E-state index >= 15 is 0 Å². The highest BCUT2D eigenvalue weighted by molar-refractivity contribution is 7.89. The second kappa shape index (κ2) is 7.47. The minimum Gasteiger partial charge on any atom is -0.481 e. The van der Waals surface area contributed by atoms with Crippen molar-refractivity contribution in [1.82, 2.24) is 4.72 Å². The van der Waals surface area contributed by atoms with Gasteiger partial charge in [0, 0.05) is 6.54 Å². The summed E-state index contributed by atoms with van der Waals surface area (Å²) in [5.41, 5.74) is -1.65. The average Bonchev–Trinajstić information content (AvgIpc) is 2.41. The zero-order chi connectivity index (χ0) is 18.7. The van der Waals surface area contributed by atoms with Crippen molar-refractivity contribution in [2.24, 2.45) is 11.8 Å². The van der Waals surface area contributed by atoms with Gasteiger partial charge in [0.15, 0.2) is 0 Å². The third-order valence-electron chi connectivity index (χ3n) is 3.16. The van der Waals surface area contributed by atoms with E-state index in [9.17, 15) is 30.8 Å². The van der Waals surface area contributed by atoms with Crippen molar-refractivity contribution in [3.05, 3.63) is 29.6 Å². The molecule has 0 spiro atoms. The Morgan fingerprint density at radius 3 is 2.33 bits per heavy atom. The van der Waals surface area contributed by atoms with Crippen LogP contribution in [0.5, 0.6) is 0 Å². The highest BCUT2D eigenvalue weighted by Crippen LogP contribution is 2.34. The maximum atomic E-state index is 13.0. The van der Waals surface area contributed by atoms with Crippen molar-refractivity contribution < 1.29 is 35.9 Å². The number of hydrogen-bond donors (Lipinski definition) is 2. The lowest BCUT2D eigenvalue weighted by Gasteiger charge is -2.17. The number of halogens is 4. The summed E-state index contributed by atoms with van der Waals surface area (Å²) in [5, 5.41) is 9.05. The van der Waals surface area contributed by atoms with Gasteiger partial charge in [-0.1, -0.05) is 13.8 Å². The molecule has 1 rings (SSSR count). The van der Waals surface area contributed by atoms with Gasteiger partial charge in [0.05, 0.1) is 16.4 Å². The van der Waals surface area contributed by atoms with Crippen molar-refractivity contribution in [2.45, 2.75) is 31.3 Å². The molecule has 10 heteroatoms. The average molecular weight is 371 g/mol. The summed E-state index contributed by atoms with van der Waals surface area (Å²) in [6, 6.07) is 1.17. The smallest absolute Gasteiger partial charge is 0.417 e. The van der Waals surface area contributed by atoms with E-state index in [-0.39, 0.29) is 18.4 Å². The topological polar surface area (TPSA) is 83.5 Å². The fraction of sp³-hybridized carbons (Fsp3) is 0.500. The molecule has 1 unspecified atom stereocenters. The maximum absolute atomic E-state index is 13.0. The van der Waals surface area contributed by atoms with E-state index < -0.39 is 50.9 Å². The molecule has 2 N–H and O–H groups in total. The normalized spacial score (nSPS) is 14.0. The van der Waals surface area contributed by atoms with E-state index in [1.165, 1.54) is 0 Å². The van der Waals surface area contributed by atoms with Crippen molar-refractivity contribution in [1.29, 1.82) is 0 Å². The standard InChI is InChI=1S/C14H17F4NO4S/c1-8(2)5-9(13(20)21)7-19-24(22,23)12-4-3-10(15)6-11(12)14(16,17)18/h3-4,6,8-9,19H,5,7H2,1-2H3,(H,20,21). The van der Waals surface area contributed by atoms with Gasteiger partial charge in [0.2, 0.25) is 10.0 Å². The third kappa shape index (κ3) is 5.45. The van der Waals surface area contributed by atoms with Crippen LogP contribution >= 0.6 is 0 Å². The number of hydrogen-bond acceptors (Lipinski definition) is 3. The largest absolute Gasteiger partial charge is 0.481 e. The van der Waals surface area contributed by atoms with Crippen molar-refractivity contribution in [3.8, 4) is 0 Å². The number of nitrogens with one attached hydrogen (secondary N) is 1. The quantitative estimate of drug-likeness (QED) is 0.722. The summed E-state index contributed by atoms with van der Waals surface area (Å²) in [7, 11) is -4.66. The Morgan fingerprint density at radius 2 is 1.88 bits per heavy atom. The van der Waals surface area contributed by atoms with Crippen LogP contribution < -0.4 is 4.72 Å². The minimum atomic E-state index is -5.07. The second-order valence-electron chi connectivity index (χ2n) is 5.65. The van der Waals surface area contributed by atoms with Crippen molar-refractivity contribution in [2.75, 3.05) is 6.54 Å². The molecule has 0 radical (unpaired) electrons. The van der Waals surface area contributed by atoms with Crippen molar-refractivity contribution >= 4 is 16.0 Å². The van der Waals surface area contributed by atoms with Gasteiger partial charge in [-0.2, -0.15) is 13.2 Å². The number of alkyl halides is 3. The van der Waals surface area contributed by atoms with Crippen LogP contribution in [0.4, 0.5) is 17.6 Å². The van der Waals surface area contributed by atoms with E-state index in [0.717, 1.165) is 0 Å². The van der Waals surface area contributed by atoms with Crippen LogP contribution in [0.15, 0.2) is 23.1 Å². The van der Waals surface area contributed by atoms with Crippen LogP contribution in [0.3, 0.4) is 0 Å². The van der Waals surface area contributed by atoms with Gasteiger partial charge in [-0.25, -0.2) is 17.5 Å². The Hall–Kier alpha value is -1.68. The first-order valence-electron chi connectivity index (χ1n) is 6.93. The number of benzene rings is 1. The summed E-state index contributed by atoms with van der Waals surface area (Å²) in [5.74, 6) is -3.63. The number of rotatable bonds is 7. The molecule has 0 saturated heterocycles. The van der Waals surface area contributed by atoms with Gasteiger partial charge >= 0.3 is 12.1 Å². The van der Waals surface area contributed by atoms with E-state index in [1.807, 2.05) is 4.72 Å². The zero-order valence-corrected chi connectivity index (χ0v) is 13.7. The lowest BCUT2D eigenvalue weighted by molar-refractivity contribution is -0.142. The fourth-order valence-corrected chi connectivity index (χ4v) is 3.37. The molecule has 5 nitrogen and oxygen atoms in total. The molecule has 1 atom stereocenters. The Labute approximate surface area is 136 Å². The summed E-state index contributed by atoms with van der Waals surface area (Å²) >= 11 is 0. The molecule has 1 aromatic carbocycles. The van der Waals surface area contributed by atoms with Gasteiger partial charge in [-0.15, -0.1) is 0 Å². The first-order chi connectivity index (χ1) is 10.8. The van der Waals surface area contributed by atoms with Crippen LogP contribution in [0.25, 0.3) is 0 Å². The lowest BCUT2D eigenvalue weighted by Crippen LogP contribution is -2.34. The van der Waals surface area contributed by atoms with E-state index in [4.69, 9.17) is 5.11 Å². The Kier molecular flexibility index (Phi) is 6.34. The summed E-state index contributed by atoms with van der Waals surface area (Å²) < 4.78 is 77.8. The van der Waals surface area contributed by atoms with Gasteiger partial charge in [0.1, 0.15) is 5.82 Å². The van der Waals surface area contributed by atoms with Crippen LogP contribution in [-0.4, -0.2) is 26.0 Å². The molecule has 0 bridgehead atoms. The molecule has 0 heterocycles. The monoisotopic (exact) mass is 371 g/mol. The van der Waals surface area contributed by atoms with Gasteiger partial charge < -0.3 is 5.11 Å². The molecule has 0 aromatic heterocycles. The molecule has 0 amide bonds. The fourth-order valence-electron chi connectivity index (χ4n) is 2.09. The molecule has 0 fully saturated rings. The lowest BCUT2D eigenvalue weighted by atomic mass is 9.98. The van der Waals surface area contributed by atoms with Crippen molar-refractivity contribution in [3.63, 3.8) is 0 Å². The molecule has 0 saturated carbocycles.